The number of ether oxygens (including phenoxy) is 1. The molecule has 4 amide bonds. The van der Waals surface area contributed by atoms with Crippen LogP contribution in [0.3, 0.4) is 0 Å². The summed E-state index contributed by atoms with van der Waals surface area (Å²) in [5, 5.41) is 22.4. The first-order valence-electron chi connectivity index (χ1n) is 22.2. The van der Waals surface area contributed by atoms with Crippen molar-refractivity contribution in [1.29, 1.82) is 0 Å². The molecule has 0 spiro atoms. The summed E-state index contributed by atoms with van der Waals surface area (Å²) in [6.07, 6.45) is 11.1. The van der Waals surface area contributed by atoms with E-state index in [0.717, 1.165) is 78.9 Å². The van der Waals surface area contributed by atoms with E-state index in [1.54, 1.807) is 29.3 Å². The van der Waals surface area contributed by atoms with Gasteiger partial charge in [0.25, 0.3) is 5.91 Å². The van der Waals surface area contributed by atoms with Gasteiger partial charge >= 0.3 is 6.03 Å². The Hall–Kier alpha value is -6.06. The topological polar surface area (TPSA) is 175 Å². The number of benzene rings is 2. The SMILES string of the molecule is Cc1cc(C(=O)N2CCN(CC3CCC(n4cc(C5CC5)c5cc(N6CCC(=O)NC6=O)cnc54)CC3)CC2)ccc1[C@@H]1CN(c2cc(-c3ccccc3O)nnc2N)CCO1. The lowest BCUT2D eigenvalue weighted by atomic mass is 9.85. The van der Waals surface area contributed by atoms with Gasteiger partial charge in [-0.05, 0) is 110 Å². The fourth-order valence-electron chi connectivity index (χ4n) is 10.1. The van der Waals surface area contributed by atoms with Crippen LogP contribution in [0.25, 0.3) is 22.3 Å². The number of pyridine rings is 1. The van der Waals surface area contributed by atoms with E-state index in [1.165, 1.54) is 18.4 Å². The van der Waals surface area contributed by atoms with Crippen LogP contribution < -0.4 is 20.9 Å². The number of nitrogen functional groups attached to an aromatic ring is 1. The number of carbonyl (C=O) groups is 3. The van der Waals surface area contributed by atoms with Crippen molar-refractivity contribution in [2.24, 2.45) is 5.92 Å². The number of aromatic nitrogens is 4. The fraction of sp³-hybridized carbons (Fsp3) is 0.447. The molecule has 0 unspecified atom stereocenters. The number of piperazine rings is 1. The van der Waals surface area contributed by atoms with Crippen molar-refractivity contribution in [3.63, 3.8) is 0 Å². The largest absolute Gasteiger partial charge is 0.507 e. The number of aryl methyl sites for hydroxylation is 1. The first kappa shape index (κ1) is 40.0. The Morgan fingerprint density at radius 2 is 1.73 bits per heavy atom. The number of phenolic OH excluding ortho intramolecular Hbond substituents is 1. The third-order valence-electron chi connectivity index (χ3n) is 13.7. The number of nitrogens with one attached hydrogen (secondary N) is 1. The number of carbonyl (C=O) groups excluding carboxylic acids is 3. The van der Waals surface area contributed by atoms with Crippen molar-refractivity contribution in [1.82, 2.24) is 34.9 Å². The van der Waals surface area contributed by atoms with E-state index in [0.29, 0.717) is 86.3 Å². The number of anilines is 3. The Balaban J connectivity index is 0.725. The number of phenols is 1. The molecule has 1 atom stereocenters. The van der Waals surface area contributed by atoms with E-state index < -0.39 is 0 Å². The van der Waals surface area contributed by atoms with Gasteiger partial charge in [0.15, 0.2) is 5.82 Å². The zero-order chi connectivity index (χ0) is 42.5. The molecular formula is C47H54N10O5. The molecule has 3 aliphatic heterocycles. The number of hydrogen-bond acceptors (Lipinski definition) is 11. The van der Waals surface area contributed by atoms with Crippen LogP contribution in [-0.4, -0.2) is 111 Å². The number of nitrogens with two attached hydrogens (primary N) is 1. The van der Waals surface area contributed by atoms with Gasteiger partial charge in [-0.1, -0.05) is 18.2 Å². The van der Waals surface area contributed by atoms with Crippen molar-refractivity contribution in [2.75, 3.05) is 74.5 Å². The van der Waals surface area contributed by atoms with E-state index in [2.05, 4.69) is 42.1 Å². The van der Waals surface area contributed by atoms with Crippen LogP contribution in [0.1, 0.15) is 90.1 Å². The summed E-state index contributed by atoms with van der Waals surface area (Å²) in [6.45, 7) is 8.32. The van der Waals surface area contributed by atoms with E-state index in [4.69, 9.17) is 15.5 Å². The molecular weight excluding hydrogens is 785 g/mol. The minimum atomic E-state index is -0.379. The number of rotatable bonds is 9. The average Bonchev–Trinajstić information content (AvgIpc) is 4.07. The number of aromatic hydroxyl groups is 1. The number of nitrogens with zero attached hydrogens (tertiary/aromatic N) is 8. The summed E-state index contributed by atoms with van der Waals surface area (Å²) in [4.78, 5) is 51.4. The summed E-state index contributed by atoms with van der Waals surface area (Å²) < 4.78 is 8.67. The first-order chi connectivity index (χ1) is 30.2. The van der Waals surface area contributed by atoms with Crippen molar-refractivity contribution in [2.45, 2.75) is 69.9 Å². The molecule has 10 rings (SSSR count). The summed E-state index contributed by atoms with van der Waals surface area (Å²) in [7, 11) is 0. The highest BCUT2D eigenvalue weighted by molar-refractivity contribution is 6.06. The standard InChI is InChI=1S/C47H54N10O5/c1-29-22-32(10-13-35(29)42-28-55(20-21-62-42)40-24-39(51-52-44(40)48)36-4-2-3-5-41(36)58)46(60)54-18-16-53(17-19-54)26-30-6-11-33(12-7-30)57-27-38(31-8-9-31)37-23-34(25-49-45(37)57)56-15-14-43(59)50-47(56)61/h2-5,10,13,22-25,27,30-31,33,42,58H,6-9,11-12,14-21,26,28H2,1H3,(H2,48,52)(H,50,59,61)/t30?,33?,42-/m0/s1. The molecule has 5 aromatic rings. The van der Waals surface area contributed by atoms with Crippen LogP contribution in [0.4, 0.5) is 22.0 Å². The fourth-order valence-corrected chi connectivity index (χ4v) is 10.1. The quantitative estimate of drug-likeness (QED) is 0.155. The van der Waals surface area contributed by atoms with Gasteiger partial charge < -0.3 is 29.9 Å². The molecule has 15 heteroatoms. The number of hydrogen-bond donors (Lipinski definition) is 3. The molecule has 0 bridgehead atoms. The van der Waals surface area contributed by atoms with Crippen molar-refractivity contribution < 1.29 is 24.2 Å². The van der Waals surface area contributed by atoms with Crippen molar-refractivity contribution in [3.05, 3.63) is 89.2 Å². The smallest absolute Gasteiger partial charge is 0.328 e. The molecule has 6 heterocycles. The van der Waals surface area contributed by atoms with E-state index in [-0.39, 0.29) is 29.7 Å². The molecule has 62 heavy (non-hydrogen) atoms. The highest BCUT2D eigenvalue weighted by Crippen LogP contribution is 2.46. The monoisotopic (exact) mass is 838 g/mol. The summed E-state index contributed by atoms with van der Waals surface area (Å²) in [5.41, 5.74) is 14.0. The molecule has 3 saturated heterocycles. The second-order valence-electron chi connectivity index (χ2n) is 17.7. The number of amides is 4. The van der Waals surface area contributed by atoms with Gasteiger partial charge in [0.2, 0.25) is 5.91 Å². The number of morpholine rings is 1. The van der Waals surface area contributed by atoms with Crippen LogP contribution in [0.2, 0.25) is 0 Å². The van der Waals surface area contributed by atoms with Crippen LogP contribution >= 0.6 is 0 Å². The Kier molecular flexibility index (Phi) is 10.8. The second-order valence-corrected chi connectivity index (χ2v) is 17.7. The predicted molar refractivity (Wildman–Crippen MR) is 236 cm³/mol. The van der Waals surface area contributed by atoms with Gasteiger partial charge in [-0.15, -0.1) is 10.2 Å². The third kappa shape index (κ3) is 7.95. The molecule has 5 aliphatic rings. The first-order valence-corrected chi connectivity index (χ1v) is 22.2. The lowest BCUT2D eigenvalue weighted by molar-refractivity contribution is -0.120. The maximum atomic E-state index is 13.8. The minimum absolute atomic E-state index is 0.0675. The molecule has 2 saturated carbocycles. The minimum Gasteiger partial charge on any atom is -0.507 e. The molecule has 2 aliphatic carbocycles. The van der Waals surface area contributed by atoms with E-state index in [1.807, 2.05) is 42.2 Å². The van der Waals surface area contributed by atoms with Gasteiger partial charge in [-0.2, -0.15) is 0 Å². The van der Waals surface area contributed by atoms with Gasteiger partial charge in [-0.3, -0.25) is 24.7 Å². The number of urea groups is 1. The van der Waals surface area contributed by atoms with E-state index >= 15 is 0 Å². The Morgan fingerprint density at radius 1 is 0.919 bits per heavy atom. The van der Waals surface area contributed by atoms with Gasteiger partial charge in [0.05, 0.1) is 29.9 Å². The maximum absolute atomic E-state index is 13.8. The number of imide groups is 1. The van der Waals surface area contributed by atoms with Gasteiger partial charge in [-0.25, -0.2) is 9.78 Å². The van der Waals surface area contributed by atoms with Crippen LogP contribution in [0, 0.1) is 12.8 Å². The van der Waals surface area contributed by atoms with Gasteiger partial charge in [0, 0.05) is 87.5 Å². The summed E-state index contributed by atoms with van der Waals surface area (Å²) in [5.74, 6) is 1.46. The predicted octanol–water partition coefficient (Wildman–Crippen LogP) is 6.18. The second kappa shape index (κ2) is 16.7. The van der Waals surface area contributed by atoms with Gasteiger partial charge in [0.1, 0.15) is 17.5 Å². The highest BCUT2D eigenvalue weighted by atomic mass is 16.5. The molecule has 4 N–H and O–H groups in total. The van der Waals surface area contributed by atoms with Crippen molar-refractivity contribution in [3.8, 4) is 17.0 Å². The van der Waals surface area contributed by atoms with E-state index in [9.17, 15) is 19.5 Å². The number of fused-ring (bicyclic) bond motifs is 1. The Bertz CT molecular complexity index is 2520. The van der Waals surface area contributed by atoms with Crippen LogP contribution in [-0.2, 0) is 9.53 Å². The third-order valence-corrected chi connectivity index (χ3v) is 13.7. The average molecular weight is 839 g/mol. The zero-order valence-electron chi connectivity index (χ0n) is 35.2. The molecule has 0 radical (unpaired) electrons. The summed E-state index contributed by atoms with van der Waals surface area (Å²) >= 11 is 0. The molecule has 2 aromatic carbocycles. The zero-order valence-corrected chi connectivity index (χ0v) is 35.2. The molecule has 5 fully saturated rings. The van der Waals surface area contributed by atoms with Crippen molar-refractivity contribution >= 4 is 46.1 Å². The molecule has 3 aromatic heterocycles. The Labute approximate surface area is 360 Å². The lowest BCUT2D eigenvalue weighted by Gasteiger charge is -2.38. The van der Waals surface area contributed by atoms with Crippen LogP contribution in [0.5, 0.6) is 5.75 Å². The maximum Gasteiger partial charge on any atom is 0.328 e. The Morgan fingerprint density at radius 3 is 2.48 bits per heavy atom. The molecule has 322 valence electrons. The number of para-hydroxylation sites is 1. The summed E-state index contributed by atoms with van der Waals surface area (Å²) in [6, 6.07) is 17.0. The van der Waals surface area contributed by atoms with Crippen LogP contribution in [0.15, 0.2) is 67.0 Å². The molecule has 15 nitrogen and oxygen atoms in total. The normalized spacial score (nSPS) is 22.6. The highest BCUT2D eigenvalue weighted by Gasteiger charge is 2.33. The lowest BCUT2D eigenvalue weighted by Crippen LogP contribution is -2.50.